The van der Waals surface area contributed by atoms with Crippen molar-refractivity contribution in [3.8, 4) is 0 Å². The van der Waals surface area contributed by atoms with Crippen LogP contribution in [0.25, 0.3) is 0 Å². The quantitative estimate of drug-likeness (QED) is 0.801. The first-order chi connectivity index (χ1) is 9.66. The molecule has 0 saturated carbocycles. The molecule has 0 bridgehead atoms. The maximum Gasteiger partial charge on any atom is 0.330 e. The average Bonchev–Trinajstić information content (AvgIpc) is 2.48. The summed E-state index contributed by atoms with van der Waals surface area (Å²) in [5, 5.41) is 9.04. The summed E-state index contributed by atoms with van der Waals surface area (Å²) >= 11 is 0. The van der Waals surface area contributed by atoms with Gasteiger partial charge in [0.2, 0.25) is 0 Å². The molecule has 1 atom stereocenters. The predicted molar refractivity (Wildman–Crippen MR) is 80.7 cm³/mol. The molecule has 0 aliphatic heterocycles. The van der Waals surface area contributed by atoms with Crippen LogP contribution in [-0.2, 0) is 11.2 Å². The summed E-state index contributed by atoms with van der Waals surface area (Å²) in [6.45, 7) is 3.66. The topological polar surface area (TPSA) is 37.3 Å². The minimum Gasteiger partial charge on any atom is -0.478 e. The van der Waals surface area contributed by atoms with Gasteiger partial charge in [-0.25, -0.2) is 4.79 Å². The standard InChI is InChI=1S/C18H18O2/c1-14(18(19)20)12-17(16-10-6-3-7-11-16)13-15-8-4-2-5-9-15/h2-11,17H,1,12-13H2,(H,19,20). The molecular weight excluding hydrogens is 248 g/mol. The normalized spacial score (nSPS) is 11.8. The summed E-state index contributed by atoms with van der Waals surface area (Å²) in [6.07, 6.45) is 1.28. The highest BCUT2D eigenvalue weighted by Crippen LogP contribution is 2.27. The lowest BCUT2D eigenvalue weighted by Crippen LogP contribution is -2.08. The Kier molecular flexibility index (Phi) is 4.72. The van der Waals surface area contributed by atoms with E-state index in [0.717, 1.165) is 12.0 Å². The van der Waals surface area contributed by atoms with Crippen molar-refractivity contribution >= 4 is 5.97 Å². The molecule has 0 spiro atoms. The second kappa shape index (κ2) is 6.71. The van der Waals surface area contributed by atoms with Gasteiger partial charge < -0.3 is 5.11 Å². The summed E-state index contributed by atoms with van der Waals surface area (Å²) < 4.78 is 0. The first kappa shape index (κ1) is 14.1. The van der Waals surface area contributed by atoms with E-state index in [1.165, 1.54) is 5.56 Å². The maximum absolute atomic E-state index is 11.0. The van der Waals surface area contributed by atoms with Gasteiger partial charge in [0.15, 0.2) is 0 Å². The summed E-state index contributed by atoms with van der Waals surface area (Å²) in [5.74, 6) is -0.777. The van der Waals surface area contributed by atoms with Crippen molar-refractivity contribution in [2.24, 2.45) is 0 Å². The van der Waals surface area contributed by atoms with Gasteiger partial charge >= 0.3 is 5.97 Å². The van der Waals surface area contributed by atoms with Crippen LogP contribution in [0.1, 0.15) is 23.5 Å². The van der Waals surface area contributed by atoms with Gasteiger partial charge in [-0.3, -0.25) is 0 Å². The lowest BCUT2D eigenvalue weighted by Gasteiger charge is -2.17. The summed E-state index contributed by atoms with van der Waals surface area (Å²) in [6, 6.07) is 20.2. The first-order valence-corrected chi connectivity index (χ1v) is 6.66. The van der Waals surface area contributed by atoms with E-state index in [1.807, 2.05) is 48.5 Å². The minimum atomic E-state index is -0.918. The van der Waals surface area contributed by atoms with E-state index in [9.17, 15) is 4.79 Å². The van der Waals surface area contributed by atoms with E-state index in [0.29, 0.717) is 6.42 Å². The van der Waals surface area contributed by atoms with Crippen LogP contribution < -0.4 is 0 Å². The Morgan fingerprint density at radius 1 is 1.00 bits per heavy atom. The molecule has 0 aliphatic rings. The van der Waals surface area contributed by atoms with Crippen LogP contribution in [0, 0.1) is 0 Å². The lowest BCUT2D eigenvalue weighted by atomic mass is 9.87. The Balaban J connectivity index is 2.20. The second-order valence-corrected chi connectivity index (χ2v) is 4.91. The first-order valence-electron chi connectivity index (χ1n) is 6.66. The molecule has 0 aliphatic carbocycles. The molecule has 0 heterocycles. The van der Waals surface area contributed by atoms with Crippen molar-refractivity contribution < 1.29 is 9.90 Å². The third-order valence-corrected chi connectivity index (χ3v) is 3.39. The van der Waals surface area contributed by atoms with E-state index in [1.54, 1.807) is 0 Å². The molecule has 2 heteroatoms. The molecule has 102 valence electrons. The fraction of sp³-hybridized carbons (Fsp3) is 0.167. The molecule has 2 rings (SSSR count). The number of hydrogen-bond donors (Lipinski definition) is 1. The van der Waals surface area contributed by atoms with Crippen molar-refractivity contribution in [1.29, 1.82) is 0 Å². The van der Waals surface area contributed by atoms with Gasteiger partial charge in [-0.2, -0.15) is 0 Å². The number of carbonyl (C=O) groups is 1. The van der Waals surface area contributed by atoms with Gasteiger partial charge in [0, 0.05) is 5.57 Å². The molecule has 1 N–H and O–H groups in total. The van der Waals surface area contributed by atoms with Gasteiger partial charge in [0.05, 0.1) is 0 Å². The van der Waals surface area contributed by atoms with Crippen LogP contribution >= 0.6 is 0 Å². The van der Waals surface area contributed by atoms with Crippen molar-refractivity contribution in [2.75, 3.05) is 0 Å². The van der Waals surface area contributed by atoms with E-state index in [2.05, 4.69) is 18.7 Å². The fourth-order valence-corrected chi connectivity index (χ4v) is 2.32. The number of carboxylic acids is 1. The van der Waals surface area contributed by atoms with Gasteiger partial charge in [-0.15, -0.1) is 0 Å². The number of carboxylic acid groups (broad SMARTS) is 1. The Morgan fingerprint density at radius 3 is 2.10 bits per heavy atom. The minimum absolute atomic E-state index is 0.141. The Bertz CT molecular complexity index is 573. The SMILES string of the molecule is C=C(CC(Cc1ccccc1)c1ccccc1)C(=O)O. The Hall–Kier alpha value is -2.35. The van der Waals surface area contributed by atoms with Gasteiger partial charge in [-0.05, 0) is 29.9 Å². The molecule has 2 aromatic carbocycles. The Morgan fingerprint density at radius 2 is 1.55 bits per heavy atom. The summed E-state index contributed by atoms with van der Waals surface area (Å²) in [5.41, 5.74) is 2.62. The molecule has 0 fully saturated rings. The maximum atomic E-state index is 11.0. The third kappa shape index (κ3) is 3.82. The Labute approximate surface area is 119 Å². The summed E-state index contributed by atoms with van der Waals surface area (Å²) in [7, 11) is 0. The van der Waals surface area contributed by atoms with Crippen LogP contribution in [0.5, 0.6) is 0 Å². The third-order valence-electron chi connectivity index (χ3n) is 3.39. The molecule has 0 saturated heterocycles. The number of benzene rings is 2. The molecule has 2 aromatic rings. The number of hydrogen-bond acceptors (Lipinski definition) is 1. The van der Waals surface area contributed by atoms with E-state index in [-0.39, 0.29) is 11.5 Å². The zero-order valence-corrected chi connectivity index (χ0v) is 11.3. The van der Waals surface area contributed by atoms with Crippen molar-refractivity contribution in [1.82, 2.24) is 0 Å². The number of aliphatic carboxylic acids is 1. The highest BCUT2D eigenvalue weighted by molar-refractivity contribution is 5.85. The van der Waals surface area contributed by atoms with Crippen molar-refractivity contribution in [3.05, 3.63) is 83.9 Å². The van der Waals surface area contributed by atoms with Crippen LogP contribution in [0.2, 0.25) is 0 Å². The lowest BCUT2D eigenvalue weighted by molar-refractivity contribution is -0.132. The molecule has 2 nitrogen and oxygen atoms in total. The molecule has 0 radical (unpaired) electrons. The van der Waals surface area contributed by atoms with Crippen LogP contribution in [-0.4, -0.2) is 11.1 Å². The fourth-order valence-electron chi connectivity index (χ4n) is 2.32. The molecule has 0 amide bonds. The number of rotatable bonds is 6. The van der Waals surface area contributed by atoms with Gasteiger partial charge in [-0.1, -0.05) is 67.2 Å². The monoisotopic (exact) mass is 266 g/mol. The molecule has 1 unspecified atom stereocenters. The van der Waals surface area contributed by atoms with Crippen molar-refractivity contribution in [3.63, 3.8) is 0 Å². The van der Waals surface area contributed by atoms with Crippen molar-refractivity contribution in [2.45, 2.75) is 18.8 Å². The smallest absolute Gasteiger partial charge is 0.330 e. The van der Waals surface area contributed by atoms with Crippen LogP contribution in [0.4, 0.5) is 0 Å². The highest BCUT2D eigenvalue weighted by atomic mass is 16.4. The predicted octanol–water partition coefficient (Wildman–Crippen LogP) is 4.04. The zero-order valence-electron chi connectivity index (χ0n) is 11.3. The second-order valence-electron chi connectivity index (χ2n) is 4.91. The average molecular weight is 266 g/mol. The molecular formula is C18H18O2. The summed E-state index contributed by atoms with van der Waals surface area (Å²) in [4.78, 5) is 11.0. The van der Waals surface area contributed by atoms with Crippen LogP contribution in [0.3, 0.4) is 0 Å². The van der Waals surface area contributed by atoms with Crippen LogP contribution in [0.15, 0.2) is 72.8 Å². The zero-order chi connectivity index (χ0) is 14.4. The molecule has 20 heavy (non-hydrogen) atoms. The van der Waals surface area contributed by atoms with Gasteiger partial charge in [0.25, 0.3) is 0 Å². The highest BCUT2D eigenvalue weighted by Gasteiger charge is 2.16. The van der Waals surface area contributed by atoms with Gasteiger partial charge in [0.1, 0.15) is 0 Å². The van der Waals surface area contributed by atoms with E-state index < -0.39 is 5.97 Å². The largest absolute Gasteiger partial charge is 0.478 e. The van der Waals surface area contributed by atoms with E-state index >= 15 is 0 Å². The van der Waals surface area contributed by atoms with E-state index in [4.69, 9.17) is 5.11 Å². The molecule has 0 aromatic heterocycles.